The minimum Gasteiger partial charge on any atom is -0.342 e. The van der Waals surface area contributed by atoms with Crippen LogP contribution in [0, 0.1) is 5.92 Å². The number of carbonyl (C=O) groups is 2. The summed E-state index contributed by atoms with van der Waals surface area (Å²) in [5.41, 5.74) is 5.77. The molecule has 16 heavy (non-hydrogen) atoms. The third-order valence-corrected chi connectivity index (χ3v) is 3.48. The van der Waals surface area contributed by atoms with Crippen LogP contribution in [0.4, 0.5) is 0 Å². The van der Waals surface area contributed by atoms with Crippen molar-refractivity contribution < 1.29 is 9.59 Å². The van der Waals surface area contributed by atoms with E-state index < -0.39 is 0 Å². The molecule has 2 amide bonds. The van der Waals surface area contributed by atoms with Crippen LogP contribution in [-0.2, 0) is 9.59 Å². The zero-order valence-electron chi connectivity index (χ0n) is 9.69. The number of likely N-dealkylation sites (tertiary alicyclic amines) is 2. The molecule has 2 atom stereocenters. The number of hydrogen-bond acceptors (Lipinski definition) is 3. The van der Waals surface area contributed by atoms with E-state index in [0.29, 0.717) is 26.1 Å². The number of nitrogens with two attached hydrogens (primary N) is 1. The Labute approximate surface area is 95.6 Å². The molecule has 2 aliphatic rings. The van der Waals surface area contributed by atoms with Gasteiger partial charge in [0.1, 0.15) is 0 Å². The van der Waals surface area contributed by atoms with E-state index in [-0.39, 0.29) is 23.8 Å². The molecule has 2 N–H and O–H groups in total. The molecule has 0 bridgehead atoms. The third-order valence-electron chi connectivity index (χ3n) is 3.48. The van der Waals surface area contributed by atoms with Gasteiger partial charge in [0.2, 0.25) is 11.8 Å². The summed E-state index contributed by atoms with van der Waals surface area (Å²) in [6.45, 7) is 4.62. The summed E-state index contributed by atoms with van der Waals surface area (Å²) in [5, 5.41) is 0. The van der Waals surface area contributed by atoms with Crippen LogP contribution >= 0.6 is 0 Å². The summed E-state index contributed by atoms with van der Waals surface area (Å²) in [5.74, 6) is 0.0688. The highest BCUT2D eigenvalue weighted by Gasteiger charge is 2.37. The van der Waals surface area contributed by atoms with Crippen molar-refractivity contribution in [2.24, 2.45) is 11.7 Å². The number of hydrogen-bond donors (Lipinski definition) is 1. The molecule has 1 unspecified atom stereocenters. The molecule has 5 heteroatoms. The van der Waals surface area contributed by atoms with Crippen molar-refractivity contribution in [1.29, 1.82) is 0 Å². The van der Waals surface area contributed by atoms with Gasteiger partial charge in [-0.15, -0.1) is 0 Å². The van der Waals surface area contributed by atoms with Gasteiger partial charge in [-0.2, -0.15) is 0 Å². The van der Waals surface area contributed by atoms with E-state index in [0.717, 1.165) is 13.0 Å². The molecular weight excluding hydrogens is 206 g/mol. The molecule has 2 aliphatic heterocycles. The lowest BCUT2D eigenvalue weighted by Crippen LogP contribution is -2.37. The molecule has 0 aromatic heterocycles. The summed E-state index contributed by atoms with van der Waals surface area (Å²) in [6, 6.07) is 0.114. The predicted molar refractivity (Wildman–Crippen MR) is 59.5 cm³/mol. The van der Waals surface area contributed by atoms with Gasteiger partial charge in [0, 0.05) is 38.6 Å². The molecule has 0 radical (unpaired) electrons. The molecule has 0 aromatic carbocycles. The van der Waals surface area contributed by atoms with E-state index in [1.54, 1.807) is 4.90 Å². The van der Waals surface area contributed by atoms with Gasteiger partial charge in [-0.3, -0.25) is 9.59 Å². The fourth-order valence-corrected chi connectivity index (χ4v) is 2.49. The monoisotopic (exact) mass is 225 g/mol. The topological polar surface area (TPSA) is 66.6 Å². The summed E-state index contributed by atoms with van der Waals surface area (Å²) in [4.78, 5) is 27.2. The summed E-state index contributed by atoms with van der Waals surface area (Å²) < 4.78 is 0. The van der Waals surface area contributed by atoms with E-state index in [1.807, 2.05) is 11.8 Å². The van der Waals surface area contributed by atoms with E-state index in [4.69, 9.17) is 5.73 Å². The van der Waals surface area contributed by atoms with E-state index in [1.165, 1.54) is 0 Å². The number of rotatable bonds is 2. The predicted octanol–water partition coefficient (Wildman–Crippen LogP) is -0.586. The molecule has 0 spiro atoms. The average Bonchev–Trinajstić information content (AvgIpc) is 2.83. The largest absolute Gasteiger partial charge is 0.342 e. The molecule has 2 fully saturated rings. The Balaban J connectivity index is 1.94. The van der Waals surface area contributed by atoms with Crippen LogP contribution in [0.5, 0.6) is 0 Å². The highest BCUT2D eigenvalue weighted by atomic mass is 16.2. The zero-order chi connectivity index (χ0) is 11.7. The molecule has 0 aromatic rings. The lowest BCUT2D eigenvalue weighted by molar-refractivity contribution is -0.134. The second-order valence-corrected chi connectivity index (χ2v) is 4.67. The Kier molecular flexibility index (Phi) is 3.14. The highest BCUT2D eigenvalue weighted by Crippen LogP contribution is 2.21. The minimum atomic E-state index is -0.141. The van der Waals surface area contributed by atoms with E-state index in [2.05, 4.69) is 0 Å². The van der Waals surface area contributed by atoms with Crippen molar-refractivity contribution in [3.63, 3.8) is 0 Å². The average molecular weight is 225 g/mol. The Morgan fingerprint density at radius 3 is 2.75 bits per heavy atom. The van der Waals surface area contributed by atoms with Gasteiger partial charge in [-0.05, 0) is 13.3 Å². The van der Waals surface area contributed by atoms with Crippen LogP contribution in [-0.4, -0.2) is 53.8 Å². The van der Waals surface area contributed by atoms with Gasteiger partial charge in [-0.1, -0.05) is 0 Å². The Morgan fingerprint density at radius 1 is 1.50 bits per heavy atom. The Morgan fingerprint density at radius 2 is 2.25 bits per heavy atom. The quantitative estimate of drug-likeness (QED) is 0.683. The minimum absolute atomic E-state index is 0.101. The summed E-state index contributed by atoms with van der Waals surface area (Å²) in [6.07, 6.45) is 1.25. The first kappa shape index (κ1) is 11.4. The fraction of sp³-hybridized carbons (Fsp3) is 0.818. The molecule has 2 saturated heterocycles. The third kappa shape index (κ3) is 2.04. The maximum atomic E-state index is 12.1. The molecular formula is C11H19N3O2. The van der Waals surface area contributed by atoms with Gasteiger partial charge in [0.15, 0.2) is 0 Å². The number of carbonyl (C=O) groups excluding carboxylic acids is 2. The standard InChI is InChI=1S/C11H19N3O2/c1-2-13-6-8(5-10(13)15)11(16)14-4-3-9(12)7-14/h8-9H,2-7,12H2,1H3/t8?,9-/m1/s1. The van der Waals surface area contributed by atoms with Crippen LogP contribution in [0.25, 0.3) is 0 Å². The van der Waals surface area contributed by atoms with Crippen LogP contribution in [0.3, 0.4) is 0 Å². The van der Waals surface area contributed by atoms with Crippen LogP contribution in [0.15, 0.2) is 0 Å². The van der Waals surface area contributed by atoms with Crippen molar-refractivity contribution in [3.8, 4) is 0 Å². The van der Waals surface area contributed by atoms with Crippen molar-refractivity contribution in [3.05, 3.63) is 0 Å². The zero-order valence-corrected chi connectivity index (χ0v) is 9.69. The maximum absolute atomic E-state index is 12.1. The molecule has 0 saturated carbocycles. The highest BCUT2D eigenvalue weighted by molar-refractivity contribution is 5.89. The van der Waals surface area contributed by atoms with Crippen LogP contribution in [0.2, 0.25) is 0 Å². The smallest absolute Gasteiger partial charge is 0.228 e. The lowest BCUT2D eigenvalue weighted by atomic mass is 10.1. The van der Waals surface area contributed by atoms with Gasteiger partial charge in [0.25, 0.3) is 0 Å². The molecule has 5 nitrogen and oxygen atoms in total. The summed E-state index contributed by atoms with van der Waals surface area (Å²) in [7, 11) is 0. The normalized spacial score (nSPS) is 30.2. The molecule has 2 rings (SSSR count). The molecule has 0 aliphatic carbocycles. The van der Waals surface area contributed by atoms with Gasteiger partial charge in [0.05, 0.1) is 5.92 Å². The van der Waals surface area contributed by atoms with Crippen LogP contribution in [0.1, 0.15) is 19.8 Å². The van der Waals surface area contributed by atoms with E-state index in [9.17, 15) is 9.59 Å². The van der Waals surface area contributed by atoms with Crippen molar-refractivity contribution in [2.45, 2.75) is 25.8 Å². The maximum Gasteiger partial charge on any atom is 0.228 e. The van der Waals surface area contributed by atoms with Gasteiger partial charge < -0.3 is 15.5 Å². The van der Waals surface area contributed by atoms with Gasteiger partial charge >= 0.3 is 0 Å². The first-order valence-corrected chi connectivity index (χ1v) is 5.94. The van der Waals surface area contributed by atoms with E-state index >= 15 is 0 Å². The molecule has 90 valence electrons. The van der Waals surface area contributed by atoms with Gasteiger partial charge in [-0.25, -0.2) is 0 Å². The fourth-order valence-electron chi connectivity index (χ4n) is 2.49. The Bertz CT molecular complexity index is 306. The molecule has 2 heterocycles. The van der Waals surface area contributed by atoms with Crippen molar-refractivity contribution >= 4 is 11.8 Å². The first-order chi connectivity index (χ1) is 7.61. The number of nitrogens with zero attached hydrogens (tertiary/aromatic N) is 2. The Hall–Kier alpha value is -1.10. The van der Waals surface area contributed by atoms with Crippen molar-refractivity contribution in [2.75, 3.05) is 26.2 Å². The SMILES string of the molecule is CCN1CC(C(=O)N2CC[C@@H](N)C2)CC1=O. The lowest BCUT2D eigenvalue weighted by Gasteiger charge is -2.20. The van der Waals surface area contributed by atoms with Crippen LogP contribution < -0.4 is 5.73 Å². The summed E-state index contributed by atoms with van der Waals surface area (Å²) >= 11 is 0. The second kappa shape index (κ2) is 4.41. The van der Waals surface area contributed by atoms with Crippen molar-refractivity contribution in [1.82, 2.24) is 9.80 Å². The number of amides is 2. The first-order valence-electron chi connectivity index (χ1n) is 5.94. The second-order valence-electron chi connectivity index (χ2n) is 4.67.